The molecule has 0 aromatic heterocycles. The highest BCUT2D eigenvalue weighted by molar-refractivity contribution is 9.10. The second-order valence-corrected chi connectivity index (χ2v) is 5.66. The molecule has 0 atom stereocenters. The van der Waals surface area contributed by atoms with Crippen molar-refractivity contribution >= 4 is 39.5 Å². The number of benzene rings is 1. The average Bonchev–Trinajstić information content (AvgIpc) is 2.61. The lowest BCUT2D eigenvalue weighted by Crippen LogP contribution is -2.39. The van der Waals surface area contributed by atoms with E-state index in [0.717, 1.165) is 25.2 Å². The summed E-state index contributed by atoms with van der Waals surface area (Å²) in [5.41, 5.74) is -0.845. The molecule has 1 N–H and O–H groups in total. The highest BCUT2D eigenvalue weighted by atomic mass is 79.9. The number of methoxy groups -OCH3 is 2. The molecule has 10 heteroatoms. The van der Waals surface area contributed by atoms with Crippen molar-refractivity contribution < 1.29 is 38.1 Å². The number of hydrogen-bond donors (Lipinski definition) is 1. The van der Waals surface area contributed by atoms with Crippen LogP contribution in [0.4, 0.5) is 10.1 Å². The fraction of sp³-hybridized carbons (Fsp3) is 0.267. The van der Waals surface area contributed by atoms with E-state index in [1.54, 1.807) is 0 Å². The normalized spacial score (nSPS) is 14.3. The van der Waals surface area contributed by atoms with Gasteiger partial charge in [0.1, 0.15) is 18.2 Å². The minimum Gasteiger partial charge on any atom is -0.478 e. The Labute approximate surface area is 149 Å². The Morgan fingerprint density at radius 1 is 1.24 bits per heavy atom. The van der Waals surface area contributed by atoms with Crippen LogP contribution in [0.25, 0.3) is 0 Å². The maximum Gasteiger partial charge on any atom is 0.355 e. The summed E-state index contributed by atoms with van der Waals surface area (Å²) in [6, 6.07) is 1.97. The monoisotopic (exact) mass is 417 g/mol. The van der Waals surface area contributed by atoms with Gasteiger partial charge in [-0.1, -0.05) is 0 Å². The van der Waals surface area contributed by atoms with E-state index in [-0.39, 0.29) is 40.3 Å². The lowest BCUT2D eigenvalue weighted by atomic mass is 10.1. The fourth-order valence-electron chi connectivity index (χ4n) is 2.24. The Bertz CT molecular complexity index is 777. The highest BCUT2D eigenvalue weighted by Gasteiger charge is 2.34. The predicted molar refractivity (Wildman–Crippen MR) is 85.4 cm³/mol. The molecule has 0 amide bonds. The van der Waals surface area contributed by atoms with E-state index < -0.39 is 23.7 Å². The lowest BCUT2D eigenvalue weighted by molar-refractivity contribution is -0.140. The summed E-state index contributed by atoms with van der Waals surface area (Å²) in [5, 5.41) is 9.04. The largest absolute Gasteiger partial charge is 0.478 e. The van der Waals surface area contributed by atoms with Gasteiger partial charge in [-0.2, -0.15) is 0 Å². The van der Waals surface area contributed by atoms with Gasteiger partial charge < -0.3 is 24.2 Å². The van der Waals surface area contributed by atoms with Crippen LogP contribution >= 0.6 is 15.9 Å². The molecular weight excluding hydrogens is 405 g/mol. The molecule has 8 nitrogen and oxygen atoms in total. The third kappa shape index (κ3) is 3.64. The first-order valence-electron chi connectivity index (χ1n) is 6.79. The first-order chi connectivity index (χ1) is 11.8. The van der Waals surface area contributed by atoms with Gasteiger partial charge in [-0.3, -0.25) is 0 Å². The molecule has 1 aromatic carbocycles. The zero-order chi connectivity index (χ0) is 18.7. The molecule has 1 aliphatic rings. The smallest absolute Gasteiger partial charge is 0.355 e. The van der Waals surface area contributed by atoms with Crippen LogP contribution in [-0.4, -0.2) is 50.6 Å². The lowest BCUT2D eigenvalue weighted by Gasteiger charge is -2.31. The second-order valence-electron chi connectivity index (χ2n) is 4.80. The summed E-state index contributed by atoms with van der Waals surface area (Å²) in [7, 11) is 2.24. The van der Waals surface area contributed by atoms with E-state index >= 15 is 0 Å². The van der Waals surface area contributed by atoms with Crippen LogP contribution < -0.4 is 4.90 Å². The van der Waals surface area contributed by atoms with Gasteiger partial charge in [0, 0.05) is 4.47 Å². The number of carboxylic acid groups (broad SMARTS) is 1. The van der Waals surface area contributed by atoms with E-state index in [1.165, 1.54) is 6.07 Å². The summed E-state index contributed by atoms with van der Waals surface area (Å²) in [6.45, 7) is -0.468. The Morgan fingerprint density at radius 3 is 2.44 bits per heavy atom. The van der Waals surface area contributed by atoms with Crippen molar-refractivity contribution in [2.24, 2.45) is 0 Å². The molecule has 0 unspecified atom stereocenters. The van der Waals surface area contributed by atoms with Crippen LogP contribution in [0.3, 0.4) is 0 Å². The van der Waals surface area contributed by atoms with Crippen LogP contribution in [0.1, 0.15) is 10.4 Å². The van der Waals surface area contributed by atoms with Crippen molar-refractivity contribution in [2.75, 3.05) is 32.5 Å². The Balaban J connectivity index is 2.64. The van der Waals surface area contributed by atoms with Gasteiger partial charge in [-0.15, -0.1) is 0 Å². The Kier molecular flexibility index (Phi) is 5.75. The van der Waals surface area contributed by atoms with Crippen LogP contribution in [0, 0.1) is 5.82 Å². The van der Waals surface area contributed by atoms with E-state index in [1.807, 2.05) is 0 Å². The molecule has 1 aliphatic heterocycles. The standard InChI is InChI=1S/C15H13BrFNO7/c1-23-14(21)8-5-25-6-18(12(8)15(22)24-2)11-4-9(16)7(13(19)20)3-10(11)17/h3-4H,5-6H2,1-2H3,(H,19,20). The van der Waals surface area contributed by atoms with Crippen LogP contribution in [0.15, 0.2) is 27.9 Å². The number of esters is 2. The Morgan fingerprint density at radius 2 is 1.88 bits per heavy atom. The van der Waals surface area contributed by atoms with Gasteiger partial charge >= 0.3 is 17.9 Å². The summed E-state index contributed by atoms with van der Waals surface area (Å²) >= 11 is 3.04. The predicted octanol–water partition coefficient (Wildman–Crippen LogP) is 1.68. The van der Waals surface area contributed by atoms with Crippen molar-refractivity contribution in [1.29, 1.82) is 0 Å². The number of ether oxygens (including phenoxy) is 3. The molecule has 0 fully saturated rings. The number of rotatable bonds is 4. The number of carboxylic acids is 1. The first kappa shape index (κ1) is 18.9. The second kappa shape index (κ2) is 7.62. The molecule has 0 radical (unpaired) electrons. The molecule has 0 spiro atoms. The Hall–Kier alpha value is -2.46. The SMILES string of the molecule is COC(=O)C1=C(C(=O)OC)N(c2cc(Br)c(C(=O)O)cc2F)COC1. The summed E-state index contributed by atoms with van der Waals surface area (Å²) in [5.74, 6) is -3.96. The number of carbonyl (C=O) groups excluding carboxylic acids is 2. The third-order valence-corrected chi connectivity index (χ3v) is 4.05. The molecule has 134 valence electrons. The van der Waals surface area contributed by atoms with E-state index in [9.17, 15) is 18.8 Å². The van der Waals surface area contributed by atoms with Gasteiger partial charge in [-0.05, 0) is 28.1 Å². The van der Waals surface area contributed by atoms with Gasteiger partial charge in [0.2, 0.25) is 0 Å². The zero-order valence-electron chi connectivity index (χ0n) is 13.2. The van der Waals surface area contributed by atoms with Crippen molar-refractivity contribution in [3.8, 4) is 0 Å². The minimum atomic E-state index is -1.33. The maximum atomic E-state index is 14.5. The van der Waals surface area contributed by atoms with Gasteiger partial charge in [-0.25, -0.2) is 18.8 Å². The summed E-state index contributed by atoms with van der Waals surface area (Å²) < 4.78 is 29.1. The molecule has 25 heavy (non-hydrogen) atoms. The molecule has 0 saturated heterocycles. The number of carbonyl (C=O) groups is 3. The third-order valence-electron chi connectivity index (χ3n) is 3.39. The molecule has 2 rings (SSSR count). The van der Waals surface area contributed by atoms with E-state index in [4.69, 9.17) is 9.84 Å². The zero-order valence-corrected chi connectivity index (χ0v) is 14.8. The van der Waals surface area contributed by atoms with Crippen molar-refractivity contribution in [3.63, 3.8) is 0 Å². The average molecular weight is 418 g/mol. The van der Waals surface area contributed by atoms with Crippen LogP contribution in [0.2, 0.25) is 0 Å². The molecular formula is C15H13BrFNO7. The molecule has 0 bridgehead atoms. The number of halogens is 2. The first-order valence-corrected chi connectivity index (χ1v) is 7.58. The van der Waals surface area contributed by atoms with Crippen molar-refractivity contribution in [2.45, 2.75) is 0 Å². The number of anilines is 1. The van der Waals surface area contributed by atoms with E-state index in [2.05, 4.69) is 25.4 Å². The number of aromatic carboxylic acids is 1. The summed E-state index contributed by atoms with van der Waals surface area (Å²) in [4.78, 5) is 36.2. The molecule has 0 saturated carbocycles. The van der Waals surface area contributed by atoms with E-state index in [0.29, 0.717) is 0 Å². The van der Waals surface area contributed by atoms with Crippen LogP contribution in [0.5, 0.6) is 0 Å². The fourth-order valence-corrected chi connectivity index (χ4v) is 2.74. The number of nitrogens with zero attached hydrogens (tertiary/aromatic N) is 1. The highest BCUT2D eigenvalue weighted by Crippen LogP contribution is 2.32. The summed E-state index contributed by atoms with van der Waals surface area (Å²) in [6.07, 6.45) is 0. The van der Waals surface area contributed by atoms with Gasteiger partial charge in [0.25, 0.3) is 0 Å². The maximum absolute atomic E-state index is 14.5. The quantitative estimate of drug-likeness (QED) is 0.738. The van der Waals surface area contributed by atoms with Crippen LogP contribution in [-0.2, 0) is 23.8 Å². The van der Waals surface area contributed by atoms with Gasteiger partial charge in [0.05, 0.1) is 37.7 Å². The van der Waals surface area contributed by atoms with Gasteiger partial charge in [0.15, 0.2) is 0 Å². The molecule has 1 heterocycles. The minimum absolute atomic E-state index is 0.0887. The topological polar surface area (TPSA) is 102 Å². The molecule has 1 aromatic rings. The molecule has 0 aliphatic carbocycles. The number of hydrogen-bond acceptors (Lipinski definition) is 7. The van der Waals surface area contributed by atoms with Crippen molar-refractivity contribution in [3.05, 3.63) is 39.3 Å². The van der Waals surface area contributed by atoms with Crippen molar-refractivity contribution in [1.82, 2.24) is 0 Å².